The topological polar surface area (TPSA) is 32.3 Å². The van der Waals surface area contributed by atoms with E-state index in [1.165, 1.54) is 0 Å². The van der Waals surface area contributed by atoms with E-state index in [2.05, 4.69) is 10.2 Å². The van der Waals surface area contributed by atoms with Gasteiger partial charge in [0.2, 0.25) is 0 Å². The number of ketones is 1. The first-order valence-electron chi connectivity index (χ1n) is 6.54. The molecule has 0 saturated carbocycles. The Balaban J connectivity index is 1.89. The molecule has 104 valence electrons. The summed E-state index contributed by atoms with van der Waals surface area (Å²) in [5.74, 6) is 0.200. The van der Waals surface area contributed by atoms with Crippen LogP contribution in [0.25, 0.3) is 0 Å². The van der Waals surface area contributed by atoms with Crippen LogP contribution >= 0.6 is 23.2 Å². The van der Waals surface area contributed by atoms with Gasteiger partial charge in [-0.15, -0.1) is 0 Å². The summed E-state index contributed by atoms with van der Waals surface area (Å²) in [4.78, 5) is 14.3. The van der Waals surface area contributed by atoms with E-state index in [-0.39, 0.29) is 5.78 Å². The summed E-state index contributed by atoms with van der Waals surface area (Å²) in [6.07, 6.45) is 1.47. The van der Waals surface area contributed by atoms with Crippen molar-refractivity contribution >= 4 is 29.0 Å². The molecular formula is C14H18Cl2N2O. The van der Waals surface area contributed by atoms with Crippen LogP contribution in [0.5, 0.6) is 0 Å². The molecule has 0 bridgehead atoms. The second-order valence-corrected chi connectivity index (χ2v) is 5.67. The maximum absolute atomic E-state index is 12.1. The molecule has 3 nitrogen and oxygen atoms in total. The van der Waals surface area contributed by atoms with Gasteiger partial charge in [0.1, 0.15) is 0 Å². The predicted molar refractivity (Wildman–Crippen MR) is 79.1 cm³/mol. The van der Waals surface area contributed by atoms with Crippen molar-refractivity contribution in [2.24, 2.45) is 0 Å². The highest BCUT2D eigenvalue weighted by molar-refractivity contribution is 6.35. The second kappa shape index (κ2) is 7.25. The van der Waals surface area contributed by atoms with Gasteiger partial charge in [-0.05, 0) is 37.2 Å². The van der Waals surface area contributed by atoms with E-state index in [1.807, 2.05) is 6.07 Å². The van der Waals surface area contributed by atoms with Gasteiger partial charge in [-0.2, -0.15) is 0 Å². The molecular weight excluding hydrogens is 283 g/mol. The number of hydrogen-bond acceptors (Lipinski definition) is 3. The van der Waals surface area contributed by atoms with Crippen LogP contribution in [0.3, 0.4) is 0 Å². The van der Waals surface area contributed by atoms with E-state index in [9.17, 15) is 4.79 Å². The standard InChI is InChI=1S/C14H18Cl2N2O/c15-12-3-2-11(14(16)9-12)8-13(19)10-18-6-1-4-17-5-7-18/h2-3,9,17H,1,4-8,10H2. The maximum atomic E-state index is 12.1. The molecule has 1 heterocycles. The maximum Gasteiger partial charge on any atom is 0.151 e. The lowest BCUT2D eigenvalue weighted by Gasteiger charge is -2.18. The van der Waals surface area contributed by atoms with Gasteiger partial charge in [0.25, 0.3) is 0 Å². The Morgan fingerprint density at radius 2 is 2.11 bits per heavy atom. The Bertz CT molecular complexity index is 443. The van der Waals surface area contributed by atoms with Crippen LogP contribution in [0.1, 0.15) is 12.0 Å². The molecule has 1 aliphatic rings. The Morgan fingerprint density at radius 1 is 1.26 bits per heavy atom. The number of hydrogen-bond donors (Lipinski definition) is 1. The van der Waals surface area contributed by atoms with Crippen LogP contribution in [0.2, 0.25) is 10.0 Å². The van der Waals surface area contributed by atoms with Gasteiger partial charge < -0.3 is 5.32 Å². The van der Waals surface area contributed by atoms with Crippen molar-refractivity contribution in [1.82, 2.24) is 10.2 Å². The molecule has 0 spiro atoms. The average molecular weight is 301 g/mol. The van der Waals surface area contributed by atoms with Crippen molar-refractivity contribution in [1.29, 1.82) is 0 Å². The predicted octanol–water partition coefficient (Wildman–Crippen LogP) is 2.40. The number of halogens is 2. The van der Waals surface area contributed by atoms with Crippen LogP contribution in [-0.2, 0) is 11.2 Å². The third-order valence-corrected chi connectivity index (χ3v) is 3.82. The Hall–Kier alpha value is -0.610. The van der Waals surface area contributed by atoms with Crippen molar-refractivity contribution in [2.45, 2.75) is 12.8 Å². The lowest BCUT2D eigenvalue weighted by Crippen LogP contribution is -2.33. The first-order chi connectivity index (χ1) is 9.15. The third kappa shape index (κ3) is 4.77. The van der Waals surface area contributed by atoms with Crippen LogP contribution < -0.4 is 5.32 Å². The minimum Gasteiger partial charge on any atom is -0.315 e. The normalized spacial score (nSPS) is 17.2. The van der Waals surface area contributed by atoms with Gasteiger partial charge >= 0.3 is 0 Å². The molecule has 0 aliphatic carbocycles. The van der Waals surface area contributed by atoms with Crippen LogP contribution in [0.15, 0.2) is 18.2 Å². The molecule has 1 aromatic carbocycles. The fraction of sp³-hybridized carbons (Fsp3) is 0.500. The van der Waals surface area contributed by atoms with Crippen LogP contribution in [-0.4, -0.2) is 43.4 Å². The SMILES string of the molecule is O=C(Cc1ccc(Cl)cc1Cl)CN1CCCNCC1. The zero-order chi connectivity index (χ0) is 13.7. The van der Waals surface area contributed by atoms with Gasteiger partial charge in [0, 0.05) is 29.6 Å². The van der Waals surface area contributed by atoms with E-state index in [1.54, 1.807) is 12.1 Å². The number of rotatable bonds is 4. The largest absolute Gasteiger partial charge is 0.315 e. The summed E-state index contributed by atoms with van der Waals surface area (Å²) in [5, 5.41) is 4.49. The van der Waals surface area contributed by atoms with E-state index in [0.717, 1.165) is 38.2 Å². The Kier molecular flexibility index (Phi) is 5.64. The third-order valence-electron chi connectivity index (χ3n) is 3.24. The molecule has 2 rings (SSSR count). The van der Waals surface area contributed by atoms with E-state index in [0.29, 0.717) is 23.0 Å². The molecule has 19 heavy (non-hydrogen) atoms. The summed E-state index contributed by atoms with van der Waals surface area (Å²) in [6.45, 7) is 4.40. The lowest BCUT2D eigenvalue weighted by atomic mass is 10.1. The van der Waals surface area contributed by atoms with Gasteiger partial charge in [-0.1, -0.05) is 29.3 Å². The van der Waals surface area contributed by atoms with Crippen LogP contribution in [0.4, 0.5) is 0 Å². The Morgan fingerprint density at radius 3 is 2.89 bits per heavy atom. The van der Waals surface area contributed by atoms with Gasteiger partial charge in [0.05, 0.1) is 6.54 Å². The van der Waals surface area contributed by atoms with E-state index < -0.39 is 0 Å². The molecule has 0 radical (unpaired) electrons. The minimum absolute atomic E-state index is 0.200. The summed E-state index contributed by atoms with van der Waals surface area (Å²) in [6, 6.07) is 5.28. The molecule has 1 fully saturated rings. The van der Waals surface area contributed by atoms with E-state index in [4.69, 9.17) is 23.2 Å². The molecule has 0 unspecified atom stereocenters. The van der Waals surface area contributed by atoms with Gasteiger partial charge in [-0.3, -0.25) is 9.69 Å². The summed E-state index contributed by atoms with van der Waals surface area (Å²) in [7, 11) is 0. The first kappa shape index (κ1) is 14.8. The number of nitrogens with one attached hydrogen (secondary N) is 1. The number of Topliss-reactive ketones (excluding diaryl/α,β-unsaturated/α-hetero) is 1. The van der Waals surface area contributed by atoms with Crippen molar-refractivity contribution in [3.8, 4) is 0 Å². The van der Waals surface area contributed by atoms with Gasteiger partial charge in [-0.25, -0.2) is 0 Å². The molecule has 0 atom stereocenters. The molecule has 1 aromatic rings. The van der Waals surface area contributed by atoms with Crippen molar-refractivity contribution < 1.29 is 4.79 Å². The molecule has 5 heteroatoms. The molecule has 1 N–H and O–H groups in total. The summed E-state index contributed by atoms with van der Waals surface area (Å²) < 4.78 is 0. The smallest absolute Gasteiger partial charge is 0.151 e. The highest BCUT2D eigenvalue weighted by atomic mass is 35.5. The Labute approximate surface area is 123 Å². The van der Waals surface area contributed by atoms with Crippen molar-refractivity contribution in [3.63, 3.8) is 0 Å². The van der Waals surface area contributed by atoms with Crippen molar-refractivity contribution in [3.05, 3.63) is 33.8 Å². The minimum atomic E-state index is 0.200. The summed E-state index contributed by atoms with van der Waals surface area (Å²) >= 11 is 11.9. The second-order valence-electron chi connectivity index (χ2n) is 4.83. The zero-order valence-corrected chi connectivity index (χ0v) is 12.3. The molecule has 1 saturated heterocycles. The fourth-order valence-corrected chi connectivity index (χ4v) is 2.72. The lowest BCUT2D eigenvalue weighted by molar-refractivity contribution is -0.119. The highest BCUT2D eigenvalue weighted by Gasteiger charge is 2.14. The molecule has 0 aromatic heterocycles. The number of nitrogens with zero attached hydrogens (tertiary/aromatic N) is 1. The quantitative estimate of drug-likeness (QED) is 0.927. The molecule has 1 aliphatic heterocycles. The van der Waals surface area contributed by atoms with E-state index >= 15 is 0 Å². The van der Waals surface area contributed by atoms with Crippen LogP contribution in [0, 0.1) is 0 Å². The van der Waals surface area contributed by atoms with Crippen molar-refractivity contribution in [2.75, 3.05) is 32.7 Å². The first-order valence-corrected chi connectivity index (χ1v) is 7.29. The molecule has 0 amide bonds. The zero-order valence-electron chi connectivity index (χ0n) is 10.8. The fourth-order valence-electron chi connectivity index (χ4n) is 2.24. The summed E-state index contributed by atoms with van der Waals surface area (Å²) in [5.41, 5.74) is 0.851. The number of benzene rings is 1. The highest BCUT2D eigenvalue weighted by Crippen LogP contribution is 2.21. The average Bonchev–Trinajstić information content (AvgIpc) is 2.61. The number of carbonyl (C=O) groups is 1. The van der Waals surface area contributed by atoms with Gasteiger partial charge in [0.15, 0.2) is 5.78 Å². The monoisotopic (exact) mass is 300 g/mol. The number of carbonyl (C=O) groups excluding carboxylic acids is 1.